The van der Waals surface area contributed by atoms with Gasteiger partial charge < -0.3 is 10.6 Å². The second kappa shape index (κ2) is 10.1. The second-order valence-corrected chi connectivity index (χ2v) is 7.96. The number of hydrogen-bond donors (Lipinski definition) is 4. The van der Waals surface area contributed by atoms with Gasteiger partial charge in [0.1, 0.15) is 5.82 Å². The van der Waals surface area contributed by atoms with Crippen LogP contribution in [0.4, 0.5) is 21.1 Å². The molecule has 0 spiro atoms. The zero-order chi connectivity index (χ0) is 23.2. The van der Waals surface area contributed by atoms with Crippen LogP contribution in [0.3, 0.4) is 0 Å². The van der Waals surface area contributed by atoms with E-state index in [1.807, 2.05) is 79.7 Å². The average Bonchev–Trinajstić information content (AvgIpc) is 3.17. The summed E-state index contributed by atoms with van der Waals surface area (Å²) in [7, 11) is 0. The summed E-state index contributed by atoms with van der Waals surface area (Å²) in [5, 5.41) is 15.2. The molecule has 1 aromatic heterocycles. The van der Waals surface area contributed by atoms with E-state index in [1.165, 1.54) is 11.9 Å². The molecule has 168 valence electrons. The summed E-state index contributed by atoms with van der Waals surface area (Å²) in [6.07, 6.45) is 1.79. The highest BCUT2D eigenvalue weighted by Gasteiger charge is 2.14. The maximum Gasteiger partial charge on any atom is 0.325 e. The van der Waals surface area contributed by atoms with Crippen LogP contribution in [0.5, 0.6) is 0 Å². The van der Waals surface area contributed by atoms with Crippen molar-refractivity contribution in [2.24, 2.45) is 0 Å². The molecule has 0 saturated carbocycles. The lowest BCUT2D eigenvalue weighted by molar-refractivity contribution is 0.246. The molecule has 0 atom stereocenters. The van der Waals surface area contributed by atoms with Gasteiger partial charge in [-0.2, -0.15) is 5.10 Å². The molecule has 0 aliphatic rings. The summed E-state index contributed by atoms with van der Waals surface area (Å²) >= 11 is 1.24. The summed E-state index contributed by atoms with van der Waals surface area (Å²) in [4.78, 5) is 24.5. The van der Waals surface area contributed by atoms with Crippen LogP contribution in [0.15, 0.2) is 72.8 Å². The van der Waals surface area contributed by atoms with Crippen LogP contribution in [-0.2, 0) is 6.54 Å². The number of urea groups is 2. The molecule has 8 nitrogen and oxygen atoms in total. The van der Waals surface area contributed by atoms with Crippen molar-refractivity contribution in [1.82, 2.24) is 19.8 Å². The predicted molar refractivity (Wildman–Crippen MR) is 134 cm³/mol. The summed E-state index contributed by atoms with van der Waals surface area (Å²) in [5.74, 6) is 0.537. The molecule has 0 bridgehead atoms. The molecular weight excluding hydrogens is 436 g/mol. The van der Waals surface area contributed by atoms with Gasteiger partial charge in [0, 0.05) is 24.6 Å². The Morgan fingerprint density at radius 1 is 0.939 bits per heavy atom. The number of nitrogens with zero attached hydrogens (tertiary/aromatic N) is 2. The van der Waals surface area contributed by atoms with Gasteiger partial charge in [0.2, 0.25) is 0 Å². The molecule has 1 heterocycles. The SMILES string of the molecule is CSNC(=O)NCc1cc(-n2nc(C)cc2NC(=O)Nc2ccccc2)cc2ccccc12. The molecule has 0 fully saturated rings. The molecule has 0 aliphatic heterocycles. The van der Waals surface area contributed by atoms with Gasteiger partial charge in [0.15, 0.2) is 0 Å². The van der Waals surface area contributed by atoms with Gasteiger partial charge in [-0.05, 0) is 47.5 Å². The number of aryl methyl sites for hydroxylation is 1. The Kier molecular flexibility index (Phi) is 6.80. The summed E-state index contributed by atoms with van der Waals surface area (Å²) in [6, 6.07) is 22.4. The molecule has 0 unspecified atom stereocenters. The van der Waals surface area contributed by atoms with Crippen molar-refractivity contribution >= 4 is 46.3 Å². The van der Waals surface area contributed by atoms with Crippen molar-refractivity contribution in [1.29, 1.82) is 0 Å². The Morgan fingerprint density at radius 3 is 2.48 bits per heavy atom. The Bertz CT molecular complexity index is 1290. The maximum atomic E-state index is 12.6. The van der Waals surface area contributed by atoms with E-state index < -0.39 is 0 Å². The van der Waals surface area contributed by atoms with Crippen molar-refractivity contribution in [3.8, 4) is 5.69 Å². The molecule has 4 N–H and O–H groups in total. The summed E-state index contributed by atoms with van der Waals surface area (Å²) < 4.78 is 4.35. The first kappa shape index (κ1) is 22.2. The number of hydrogen-bond acceptors (Lipinski definition) is 4. The van der Waals surface area contributed by atoms with E-state index in [0.29, 0.717) is 18.1 Å². The highest BCUT2D eigenvalue weighted by atomic mass is 32.2. The fraction of sp³-hybridized carbons (Fsp3) is 0.125. The molecule has 0 radical (unpaired) electrons. The van der Waals surface area contributed by atoms with E-state index in [9.17, 15) is 9.59 Å². The van der Waals surface area contributed by atoms with E-state index in [1.54, 1.807) is 10.9 Å². The molecule has 33 heavy (non-hydrogen) atoms. The van der Waals surface area contributed by atoms with Crippen LogP contribution in [0.2, 0.25) is 0 Å². The zero-order valence-electron chi connectivity index (χ0n) is 18.3. The van der Waals surface area contributed by atoms with E-state index in [-0.39, 0.29) is 12.1 Å². The number of nitrogens with one attached hydrogen (secondary N) is 4. The Balaban J connectivity index is 1.64. The fourth-order valence-corrected chi connectivity index (χ4v) is 3.79. The maximum absolute atomic E-state index is 12.6. The third kappa shape index (κ3) is 5.45. The normalized spacial score (nSPS) is 10.6. The van der Waals surface area contributed by atoms with Crippen LogP contribution in [0, 0.1) is 6.92 Å². The lowest BCUT2D eigenvalue weighted by Gasteiger charge is -2.14. The van der Waals surface area contributed by atoms with Crippen molar-refractivity contribution < 1.29 is 9.59 Å². The minimum atomic E-state index is -0.362. The largest absolute Gasteiger partial charge is 0.333 e. The summed E-state index contributed by atoms with van der Waals surface area (Å²) in [5.41, 5.74) is 3.17. The minimum absolute atomic E-state index is 0.258. The van der Waals surface area contributed by atoms with Gasteiger partial charge in [-0.1, -0.05) is 54.4 Å². The lowest BCUT2D eigenvalue weighted by atomic mass is 10.0. The molecule has 0 saturated heterocycles. The van der Waals surface area contributed by atoms with Crippen LogP contribution in [-0.4, -0.2) is 28.1 Å². The highest BCUT2D eigenvalue weighted by molar-refractivity contribution is 7.97. The standard InChI is InChI=1S/C24H24N6O2S/c1-16-12-22(27-24(32)26-19-9-4-3-5-10-19)30(28-16)20-13-17-8-6-7-11-21(17)18(14-20)15-25-23(31)29-33-2/h3-14H,15H2,1-2H3,(H2,25,29,31)(H2,26,27,32). The molecule has 4 aromatic rings. The Hall–Kier alpha value is -3.98. The van der Waals surface area contributed by atoms with Gasteiger partial charge in [-0.3, -0.25) is 10.0 Å². The lowest BCUT2D eigenvalue weighted by Crippen LogP contribution is -2.30. The quantitative estimate of drug-likeness (QED) is 0.302. The number of carbonyl (C=O) groups is 2. The third-order valence-corrected chi connectivity index (χ3v) is 5.31. The smallest absolute Gasteiger partial charge is 0.325 e. The predicted octanol–water partition coefficient (Wildman–Crippen LogP) is 5.06. The first-order valence-electron chi connectivity index (χ1n) is 10.3. The third-order valence-electron chi connectivity index (χ3n) is 4.92. The average molecular weight is 461 g/mol. The monoisotopic (exact) mass is 460 g/mol. The number of aromatic nitrogens is 2. The van der Waals surface area contributed by atoms with Gasteiger partial charge in [0.05, 0.1) is 11.4 Å². The molecule has 4 amide bonds. The first-order chi connectivity index (χ1) is 16.0. The van der Waals surface area contributed by atoms with Gasteiger partial charge in [-0.25, -0.2) is 14.3 Å². The number of anilines is 2. The van der Waals surface area contributed by atoms with Gasteiger partial charge >= 0.3 is 12.1 Å². The topological polar surface area (TPSA) is 100 Å². The van der Waals surface area contributed by atoms with Crippen LogP contribution in [0.1, 0.15) is 11.3 Å². The van der Waals surface area contributed by atoms with Crippen LogP contribution in [0.25, 0.3) is 16.5 Å². The van der Waals surface area contributed by atoms with Crippen molar-refractivity contribution in [2.75, 3.05) is 16.9 Å². The van der Waals surface area contributed by atoms with E-state index in [2.05, 4.69) is 25.8 Å². The number of amides is 4. The minimum Gasteiger partial charge on any atom is -0.333 e. The van der Waals surface area contributed by atoms with E-state index in [4.69, 9.17) is 0 Å². The van der Waals surface area contributed by atoms with Crippen LogP contribution < -0.4 is 20.7 Å². The number of rotatable bonds is 6. The molecule has 3 aromatic carbocycles. The number of benzene rings is 3. The van der Waals surface area contributed by atoms with Crippen molar-refractivity contribution in [2.45, 2.75) is 13.5 Å². The first-order valence-corrected chi connectivity index (χ1v) is 11.5. The molecular formula is C24H24N6O2S. The molecule has 4 rings (SSSR count). The molecule has 0 aliphatic carbocycles. The van der Waals surface area contributed by atoms with E-state index >= 15 is 0 Å². The van der Waals surface area contributed by atoms with Crippen molar-refractivity contribution in [3.63, 3.8) is 0 Å². The zero-order valence-corrected chi connectivity index (χ0v) is 19.1. The second-order valence-electron chi connectivity index (χ2n) is 7.34. The van der Waals surface area contributed by atoms with E-state index in [0.717, 1.165) is 27.7 Å². The molecule has 9 heteroatoms. The number of para-hydroxylation sites is 1. The summed E-state index contributed by atoms with van der Waals surface area (Å²) in [6.45, 7) is 2.21. The highest BCUT2D eigenvalue weighted by Crippen LogP contribution is 2.26. The van der Waals surface area contributed by atoms with Gasteiger partial charge in [0.25, 0.3) is 0 Å². The van der Waals surface area contributed by atoms with Gasteiger partial charge in [-0.15, -0.1) is 0 Å². The fourth-order valence-electron chi connectivity index (χ4n) is 3.53. The number of fused-ring (bicyclic) bond motifs is 1. The van der Waals surface area contributed by atoms with Crippen LogP contribution >= 0.6 is 11.9 Å². The van der Waals surface area contributed by atoms with Crippen molar-refractivity contribution in [3.05, 3.63) is 84.1 Å². The Labute approximate surface area is 195 Å². The number of carbonyl (C=O) groups excluding carboxylic acids is 2. The Morgan fingerprint density at radius 2 is 1.70 bits per heavy atom.